The molecule has 1 aromatic heterocycles. The molecule has 1 saturated heterocycles. The van der Waals surface area contributed by atoms with Gasteiger partial charge in [-0.15, -0.1) is 0 Å². The molecule has 2 heterocycles. The SMILES string of the molecule is CN1C(=O)CC[C@@H](NC(=O)NC2CCCCC2)[C@@H]1c1ccnn1C. The number of aryl methyl sites for hydroxylation is 1. The van der Waals surface area contributed by atoms with Crippen molar-refractivity contribution < 1.29 is 9.59 Å². The van der Waals surface area contributed by atoms with Crippen molar-refractivity contribution in [2.24, 2.45) is 7.05 Å². The molecule has 24 heavy (non-hydrogen) atoms. The van der Waals surface area contributed by atoms with Gasteiger partial charge < -0.3 is 15.5 Å². The molecule has 0 bridgehead atoms. The summed E-state index contributed by atoms with van der Waals surface area (Å²) in [6, 6.07) is 1.77. The van der Waals surface area contributed by atoms with E-state index in [4.69, 9.17) is 0 Å². The number of nitrogens with zero attached hydrogens (tertiary/aromatic N) is 3. The van der Waals surface area contributed by atoms with E-state index in [1.165, 1.54) is 19.3 Å². The molecule has 1 saturated carbocycles. The summed E-state index contributed by atoms with van der Waals surface area (Å²) < 4.78 is 1.77. The van der Waals surface area contributed by atoms with Crippen molar-refractivity contribution >= 4 is 11.9 Å². The molecule has 7 heteroatoms. The second-order valence-electron chi connectivity index (χ2n) is 6.93. The summed E-state index contributed by atoms with van der Waals surface area (Å²) in [5.41, 5.74) is 0.938. The summed E-state index contributed by atoms with van der Waals surface area (Å²) in [6.45, 7) is 0. The standard InChI is InChI=1S/C17H27N5O2/c1-21-15(23)9-8-13(16(21)14-10-11-18-22(14)2)20-17(24)19-12-6-4-3-5-7-12/h10-13,16H,3-9H2,1-2H3,(H2,19,20,24)/t13-,16-/m1/s1. The second-order valence-corrected chi connectivity index (χ2v) is 6.93. The monoisotopic (exact) mass is 333 g/mol. The van der Waals surface area contributed by atoms with Crippen LogP contribution < -0.4 is 10.6 Å². The number of carbonyl (C=O) groups is 2. The van der Waals surface area contributed by atoms with E-state index in [0.29, 0.717) is 12.8 Å². The van der Waals surface area contributed by atoms with E-state index in [-0.39, 0.29) is 30.1 Å². The Labute approximate surface area is 142 Å². The van der Waals surface area contributed by atoms with Crippen molar-refractivity contribution in [2.45, 2.75) is 63.1 Å². The number of likely N-dealkylation sites (tertiary alicyclic amines) is 1. The molecular weight excluding hydrogens is 306 g/mol. The molecule has 0 aromatic carbocycles. The van der Waals surface area contributed by atoms with Crippen molar-refractivity contribution in [3.8, 4) is 0 Å². The van der Waals surface area contributed by atoms with E-state index in [1.807, 2.05) is 13.1 Å². The Hall–Kier alpha value is -2.05. The lowest BCUT2D eigenvalue weighted by atomic mass is 9.93. The molecule has 2 fully saturated rings. The molecule has 3 amide bonds. The topological polar surface area (TPSA) is 79.3 Å². The number of piperidine rings is 1. The van der Waals surface area contributed by atoms with E-state index in [2.05, 4.69) is 15.7 Å². The fraction of sp³-hybridized carbons (Fsp3) is 0.706. The highest BCUT2D eigenvalue weighted by Crippen LogP contribution is 2.30. The van der Waals surface area contributed by atoms with Gasteiger partial charge in [0.15, 0.2) is 0 Å². The number of rotatable bonds is 3. The number of amides is 3. The predicted octanol–water partition coefficient (Wildman–Crippen LogP) is 1.71. The lowest BCUT2D eigenvalue weighted by Gasteiger charge is -2.39. The third-order valence-electron chi connectivity index (χ3n) is 5.28. The van der Waals surface area contributed by atoms with Crippen molar-refractivity contribution in [2.75, 3.05) is 7.05 Å². The first-order chi connectivity index (χ1) is 11.6. The average molecular weight is 333 g/mol. The van der Waals surface area contributed by atoms with Crippen molar-refractivity contribution in [3.63, 3.8) is 0 Å². The summed E-state index contributed by atoms with van der Waals surface area (Å²) in [5, 5.41) is 10.4. The molecule has 0 spiro atoms. The van der Waals surface area contributed by atoms with Gasteiger partial charge in [0.05, 0.1) is 17.8 Å². The van der Waals surface area contributed by atoms with E-state index < -0.39 is 0 Å². The van der Waals surface area contributed by atoms with Crippen LogP contribution in [0.1, 0.15) is 56.7 Å². The van der Waals surface area contributed by atoms with Crippen molar-refractivity contribution in [1.82, 2.24) is 25.3 Å². The molecule has 0 radical (unpaired) electrons. The second kappa shape index (κ2) is 7.23. The van der Waals surface area contributed by atoms with E-state index in [1.54, 1.807) is 22.8 Å². The lowest BCUT2D eigenvalue weighted by molar-refractivity contribution is -0.136. The summed E-state index contributed by atoms with van der Waals surface area (Å²) in [6.07, 6.45) is 8.57. The smallest absolute Gasteiger partial charge is 0.315 e. The Bertz CT molecular complexity index is 594. The van der Waals surface area contributed by atoms with Crippen LogP contribution in [0.3, 0.4) is 0 Å². The highest BCUT2D eigenvalue weighted by atomic mass is 16.2. The van der Waals surface area contributed by atoms with Gasteiger partial charge >= 0.3 is 6.03 Å². The minimum Gasteiger partial charge on any atom is -0.335 e. The Morgan fingerprint density at radius 1 is 1.17 bits per heavy atom. The quantitative estimate of drug-likeness (QED) is 0.884. The highest BCUT2D eigenvalue weighted by molar-refractivity contribution is 5.79. The van der Waals surface area contributed by atoms with Crippen LogP contribution in [-0.2, 0) is 11.8 Å². The van der Waals surface area contributed by atoms with Gasteiger partial charge in [-0.05, 0) is 25.3 Å². The van der Waals surface area contributed by atoms with E-state index in [0.717, 1.165) is 18.5 Å². The van der Waals surface area contributed by atoms with E-state index >= 15 is 0 Å². The summed E-state index contributed by atoms with van der Waals surface area (Å²) in [4.78, 5) is 26.3. The van der Waals surface area contributed by atoms with Crippen LogP contribution in [0.15, 0.2) is 12.3 Å². The first kappa shape index (κ1) is 16.8. The van der Waals surface area contributed by atoms with Crippen LogP contribution in [-0.4, -0.2) is 45.8 Å². The maximum Gasteiger partial charge on any atom is 0.315 e. The first-order valence-electron chi connectivity index (χ1n) is 8.87. The van der Waals surface area contributed by atoms with Crippen LogP contribution in [0.25, 0.3) is 0 Å². The molecule has 3 rings (SSSR count). The average Bonchev–Trinajstić information content (AvgIpc) is 2.98. The van der Waals surface area contributed by atoms with Crippen LogP contribution in [0.4, 0.5) is 4.79 Å². The van der Waals surface area contributed by atoms with Gasteiger partial charge in [0, 0.05) is 32.8 Å². The predicted molar refractivity (Wildman–Crippen MR) is 90.3 cm³/mol. The molecule has 7 nitrogen and oxygen atoms in total. The van der Waals surface area contributed by atoms with Gasteiger partial charge in [-0.2, -0.15) is 5.10 Å². The summed E-state index contributed by atoms with van der Waals surface area (Å²) >= 11 is 0. The van der Waals surface area contributed by atoms with Crippen molar-refractivity contribution in [1.29, 1.82) is 0 Å². The lowest BCUT2D eigenvalue weighted by Crippen LogP contribution is -2.54. The maximum absolute atomic E-state index is 12.4. The molecule has 1 aromatic rings. The molecule has 2 aliphatic rings. The fourth-order valence-corrected chi connectivity index (χ4v) is 3.91. The Morgan fingerprint density at radius 3 is 2.58 bits per heavy atom. The zero-order chi connectivity index (χ0) is 17.1. The number of carbonyl (C=O) groups excluding carboxylic acids is 2. The number of hydrogen-bond donors (Lipinski definition) is 2. The zero-order valence-corrected chi connectivity index (χ0v) is 14.5. The minimum absolute atomic E-state index is 0.104. The molecule has 1 aliphatic carbocycles. The Balaban J connectivity index is 1.68. The summed E-state index contributed by atoms with van der Waals surface area (Å²) in [5.74, 6) is 0.104. The fourth-order valence-electron chi connectivity index (χ4n) is 3.91. The number of likely N-dealkylation sites (N-methyl/N-ethyl adjacent to an activating group) is 1. The van der Waals surface area contributed by atoms with Gasteiger partial charge in [0.2, 0.25) is 5.91 Å². The van der Waals surface area contributed by atoms with Gasteiger partial charge in [-0.3, -0.25) is 9.48 Å². The number of aromatic nitrogens is 2. The van der Waals surface area contributed by atoms with Gasteiger partial charge in [-0.1, -0.05) is 19.3 Å². The highest BCUT2D eigenvalue weighted by Gasteiger charge is 2.37. The molecular formula is C17H27N5O2. The van der Waals surface area contributed by atoms with E-state index in [9.17, 15) is 9.59 Å². The van der Waals surface area contributed by atoms with Gasteiger partial charge in [0.25, 0.3) is 0 Å². The molecule has 132 valence electrons. The van der Waals surface area contributed by atoms with Gasteiger partial charge in [-0.25, -0.2) is 4.79 Å². The Kier molecular flexibility index (Phi) is 5.06. The van der Waals surface area contributed by atoms with Crippen molar-refractivity contribution in [3.05, 3.63) is 18.0 Å². The number of urea groups is 1. The minimum atomic E-state index is -0.184. The van der Waals surface area contributed by atoms with Crippen LogP contribution in [0.2, 0.25) is 0 Å². The maximum atomic E-state index is 12.4. The zero-order valence-electron chi connectivity index (χ0n) is 14.5. The Morgan fingerprint density at radius 2 is 1.92 bits per heavy atom. The number of nitrogens with one attached hydrogen (secondary N) is 2. The molecule has 2 atom stereocenters. The number of hydrogen-bond acceptors (Lipinski definition) is 3. The third kappa shape index (κ3) is 3.55. The van der Waals surface area contributed by atoms with Crippen LogP contribution in [0, 0.1) is 0 Å². The molecule has 1 aliphatic heterocycles. The first-order valence-corrected chi connectivity index (χ1v) is 8.87. The molecule has 0 unspecified atom stereocenters. The van der Waals surface area contributed by atoms with Crippen LogP contribution in [0.5, 0.6) is 0 Å². The van der Waals surface area contributed by atoms with Crippen LogP contribution >= 0.6 is 0 Å². The normalized spacial score (nSPS) is 25.6. The molecule has 2 N–H and O–H groups in total. The van der Waals surface area contributed by atoms with Gasteiger partial charge in [0.1, 0.15) is 0 Å². The largest absolute Gasteiger partial charge is 0.335 e. The summed E-state index contributed by atoms with van der Waals surface area (Å²) in [7, 11) is 3.66. The third-order valence-corrected chi connectivity index (χ3v) is 5.28.